The lowest BCUT2D eigenvalue weighted by atomic mass is 10.2. The highest BCUT2D eigenvalue weighted by atomic mass is 16.5. The monoisotopic (exact) mass is 244 g/mol. The van der Waals surface area contributed by atoms with Crippen molar-refractivity contribution in [3.63, 3.8) is 0 Å². The Balaban J connectivity index is 2.13. The molecule has 0 amide bonds. The van der Waals surface area contributed by atoms with E-state index in [0.717, 1.165) is 39.1 Å². The van der Waals surface area contributed by atoms with Crippen molar-refractivity contribution in [2.75, 3.05) is 39.9 Å². The van der Waals surface area contributed by atoms with E-state index >= 15 is 0 Å². The van der Waals surface area contributed by atoms with Gasteiger partial charge < -0.3 is 15.2 Å². The van der Waals surface area contributed by atoms with Gasteiger partial charge in [0.05, 0.1) is 12.7 Å². The van der Waals surface area contributed by atoms with Crippen LogP contribution in [-0.2, 0) is 4.74 Å². The highest BCUT2D eigenvalue weighted by molar-refractivity contribution is 4.82. The number of hydrogen-bond acceptors (Lipinski definition) is 4. The minimum absolute atomic E-state index is 0.343. The number of unbranched alkanes of at least 4 members (excludes halogenated alkanes) is 1. The van der Waals surface area contributed by atoms with Crippen molar-refractivity contribution in [1.29, 1.82) is 0 Å². The molecule has 0 saturated carbocycles. The molecule has 17 heavy (non-hydrogen) atoms. The molecule has 0 bridgehead atoms. The number of hydrogen-bond donors (Lipinski definition) is 2. The normalized spacial score (nSPS) is 23.1. The number of nitrogens with one attached hydrogen (secondary N) is 1. The molecular formula is C13H28N2O2. The molecule has 1 aliphatic rings. The third-order valence-corrected chi connectivity index (χ3v) is 3.34. The van der Waals surface area contributed by atoms with Crippen LogP contribution >= 0.6 is 0 Å². The molecule has 0 radical (unpaired) electrons. The maximum atomic E-state index is 9.91. The topological polar surface area (TPSA) is 44.7 Å². The van der Waals surface area contributed by atoms with Crippen molar-refractivity contribution in [2.24, 2.45) is 0 Å². The molecular weight excluding hydrogens is 216 g/mol. The lowest BCUT2D eigenvalue weighted by Crippen LogP contribution is -2.42. The highest BCUT2D eigenvalue weighted by Gasteiger charge is 2.25. The minimum Gasteiger partial charge on any atom is -0.389 e. The molecule has 1 fully saturated rings. The van der Waals surface area contributed by atoms with Crippen LogP contribution in [0.3, 0.4) is 0 Å². The first kappa shape index (κ1) is 14.9. The predicted octanol–water partition coefficient (Wildman–Crippen LogP) is 0.848. The molecule has 0 aromatic rings. The summed E-state index contributed by atoms with van der Waals surface area (Å²) in [5, 5.41) is 13.1. The molecule has 2 N–H and O–H groups in total. The van der Waals surface area contributed by atoms with E-state index in [9.17, 15) is 5.11 Å². The average Bonchev–Trinajstić information content (AvgIpc) is 2.73. The van der Waals surface area contributed by atoms with Crippen LogP contribution in [0.2, 0.25) is 0 Å². The minimum atomic E-state index is -0.343. The van der Waals surface area contributed by atoms with E-state index in [1.54, 1.807) is 0 Å². The summed E-state index contributed by atoms with van der Waals surface area (Å²) in [5.41, 5.74) is 0. The van der Waals surface area contributed by atoms with Crippen molar-refractivity contribution >= 4 is 0 Å². The van der Waals surface area contributed by atoms with Gasteiger partial charge in [-0.05, 0) is 32.9 Å². The van der Waals surface area contributed by atoms with E-state index in [-0.39, 0.29) is 6.10 Å². The Bertz CT molecular complexity index is 190. The molecule has 2 atom stereocenters. The van der Waals surface area contributed by atoms with Crippen LogP contribution in [0.1, 0.15) is 32.6 Å². The molecule has 1 rings (SSSR count). The number of nitrogens with zero attached hydrogens (tertiary/aromatic N) is 1. The smallest absolute Gasteiger partial charge is 0.0900 e. The molecule has 1 saturated heterocycles. The van der Waals surface area contributed by atoms with Gasteiger partial charge in [-0.1, -0.05) is 13.3 Å². The molecule has 1 heterocycles. The zero-order valence-electron chi connectivity index (χ0n) is 11.3. The molecule has 4 heteroatoms. The number of aliphatic hydroxyl groups is 1. The predicted molar refractivity (Wildman–Crippen MR) is 70.3 cm³/mol. The van der Waals surface area contributed by atoms with Crippen LogP contribution < -0.4 is 5.32 Å². The van der Waals surface area contributed by atoms with E-state index in [0.29, 0.717) is 12.6 Å². The summed E-state index contributed by atoms with van der Waals surface area (Å²) in [6.45, 7) is 6.27. The largest absolute Gasteiger partial charge is 0.389 e. The van der Waals surface area contributed by atoms with Crippen LogP contribution in [0.5, 0.6) is 0 Å². The summed E-state index contributed by atoms with van der Waals surface area (Å²) in [7, 11) is 1.99. The van der Waals surface area contributed by atoms with Gasteiger partial charge in [0, 0.05) is 25.7 Å². The van der Waals surface area contributed by atoms with Gasteiger partial charge in [-0.3, -0.25) is 4.90 Å². The summed E-state index contributed by atoms with van der Waals surface area (Å²) in [6.07, 6.45) is 4.37. The molecule has 0 aromatic carbocycles. The number of aliphatic hydroxyl groups excluding tert-OH is 1. The Labute approximate surface area is 105 Å². The lowest BCUT2D eigenvalue weighted by Gasteiger charge is -2.26. The molecule has 4 nitrogen and oxygen atoms in total. The van der Waals surface area contributed by atoms with Gasteiger partial charge in [-0.2, -0.15) is 0 Å². The van der Waals surface area contributed by atoms with E-state index in [4.69, 9.17) is 4.74 Å². The Kier molecular flexibility index (Phi) is 7.77. The summed E-state index contributed by atoms with van der Waals surface area (Å²) in [6, 6.07) is 0.588. The number of ether oxygens (including phenoxy) is 1. The number of rotatable bonds is 9. The van der Waals surface area contributed by atoms with E-state index in [1.165, 1.54) is 12.8 Å². The second-order valence-electron chi connectivity index (χ2n) is 4.93. The maximum Gasteiger partial charge on any atom is 0.0900 e. The van der Waals surface area contributed by atoms with Crippen LogP contribution in [0.15, 0.2) is 0 Å². The van der Waals surface area contributed by atoms with Crippen molar-refractivity contribution in [2.45, 2.75) is 44.8 Å². The zero-order valence-corrected chi connectivity index (χ0v) is 11.3. The highest BCUT2D eigenvalue weighted by Crippen LogP contribution is 2.16. The fraction of sp³-hybridized carbons (Fsp3) is 1.00. The fourth-order valence-corrected chi connectivity index (χ4v) is 2.39. The summed E-state index contributed by atoms with van der Waals surface area (Å²) in [5.74, 6) is 0. The third kappa shape index (κ3) is 5.82. The van der Waals surface area contributed by atoms with Crippen LogP contribution in [0.25, 0.3) is 0 Å². The standard InChI is InChI=1S/C13H28N2O2/c1-3-4-8-17-11-13(16)10-15-7-5-6-12(15)9-14-2/h12-14,16H,3-11H2,1-2H3. The first-order valence-electron chi connectivity index (χ1n) is 6.92. The Morgan fingerprint density at radius 2 is 2.35 bits per heavy atom. The van der Waals surface area contributed by atoms with Crippen molar-refractivity contribution < 1.29 is 9.84 Å². The molecule has 0 aliphatic carbocycles. The molecule has 0 spiro atoms. The summed E-state index contributed by atoms with van der Waals surface area (Å²) < 4.78 is 5.45. The molecule has 1 aliphatic heterocycles. The first-order valence-corrected chi connectivity index (χ1v) is 6.92. The molecule has 0 aromatic heterocycles. The number of likely N-dealkylation sites (tertiary alicyclic amines) is 1. The lowest BCUT2D eigenvalue weighted by molar-refractivity contribution is 0.0138. The van der Waals surface area contributed by atoms with Crippen LogP contribution in [0.4, 0.5) is 0 Å². The molecule has 2 unspecified atom stereocenters. The van der Waals surface area contributed by atoms with Gasteiger partial charge in [0.2, 0.25) is 0 Å². The average molecular weight is 244 g/mol. The van der Waals surface area contributed by atoms with E-state index in [2.05, 4.69) is 17.1 Å². The summed E-state index contributed by atoms with van der Waals surface area (Å²) in [4.78, 5) is 2.38. The number of likely N-dealkylation sites (N-methyl/N-ethyl adjacent to an activating group) is 1. The van der Waals surface area contributed by atoms with Gasteiger partial charge in [-0.25, -0.2) is 0 Å². The third-order valence-electron chi connectivity index (χ3n) is 3.34. The van der Waals surface area contributed by atoms with Crippen LogP contribution in [0, 0.1) is 0 Å². The second-order valence-corrected chi connectivity index (χ2v) is 4.93. The molecule has 102 valence electrons. The fourth-order valence-electron chi connectivity index (χ4n) is 2.39. The Morgan fingerprint density at radius 3 is 3.06 bits per heavy atom. The SMILES string of the molecule is CCCCOCC(O)CN1CCCC1CNC. The quantitative estimate of drug-likeness (QED) is 0.590. The number of β-amino-alcohol motifs (C(OH)–C–C–N with tert-alkyl or cyclic N) is 1. The van der Waals surface area contributed by atoms with Crippen molar-refractivity contribution in [3.05, 3.63) is 0 Å². The summed E-state index contributed by atoms with van der Waals surface area (Å²) >= 11 is 0. The Morgan fingerprint density at radius 1 is 1.53 bits per heavy atom. The van der Waals surface area contributed by atoms with Crippen molar-refractivity contribution in [1.82, 2.24) is 10.2 Å². The van der Waals surface area contributed by atoms with Gasteiger partial charge in [0.15, 0.2) is 0 Å². The first-order chi connectivity index (χ1) is 8.27. The van der Waals surface area contributed by atoms with Gasteiger partial charge >= 0.3 is 0 Å². The maximum absolute atomic E-state index is 9.91. The van der Waals surface area contributed by atoms with Gasteiger partial charge in [-0.15, -0.1) is 0 Å². The zero-order chi connectivity index (χ0) is 12.5. The van der Waals surface area contributed by atoms with Gasteiger partial charge in [0.25, 0.3) is 0 Å². The van der Waals surface area contributed by atoms with E-state index < -0.39 is 0 Å². The van der Waals surface area contributed by atoms with Crippen LogP contribution in [-0.4, -0.2) is 62.0 Å². The van der Waals surface area contributed by atoms with Crippen molar-refractivity contribution in [3.8, 4) is 0 Å². The Hall–Kier alpha value is -0.160. The second kappa shape index (κ2) is 8.86. The van der Waals surface area contributed by atoms with E-state index in [1.807, 2.05) is 7.05 Å². The van der Waals surface area contributed by atoms with Gasteiger partial charge in [0.1, 0.15) is 0 Å².